The number of fused-ring (bicyclic) bond motifs is 2. The monoisotopic (exact) mass is 408 g/mol. The zero-order chi connectivity index (χ0) is 20.7. The summed E-state index contributed by atoms with van der Waals surface area (Å²) in [5.74, 6) is 0.288. The van der Waals surface area contributed by atoms with E-state index in [2.05, 4.69) is 22.3 Å². The lowest BCUT2D eigenvalue weighted by molar-refractivity contribution is -0.110. The van der Waals surface area contributed by atoms with Crippen LogP contribution in [-0.2, 0) is 22.6 Å². The molecule has 30 heavy (non-hydrogen) atoms. The number of nitrogens with zero attached hydrogens (tertiary/aromatic N) is 1. The molecule has 3 aliphatic rings. The third kappa shape index (κ3) is 3.50. The number of hydrogen-bond acceptors (Lipinski definition) is 4. The van der Waals surface area contributed by atoms with Gasteiger partial charge in [0.05, 0.1) is 5.57 Å². The first-order chi connectivity index (χ1) is 14.6. The summed E-state index contributed by atoms with van der Waals surface area (Å²) < 4.78 is 19.7. The molecule has 2 aromatic carbocycles. The van der Waals surface area contributed by atoms with Crippen molar-refractivity contribution in [1.29, 1.82) is 0 Å². The van der Waals surface area contributed by atoms with Crippen molar-refractivity contribution in [3.05, 3.63) is 64.5 Å². The van der Waals surface area contributed by atoms with Gasteiger partial charge in [-0.1, -0.05) is 18.2 Å². The summed E-state index contributed by atoms with van der Waals surface area (Å²) in [7, 11) is 0. The van der Waals surface area contributed by atoms with E-state index < -0.39 is 0 Å². The Labute approximate surface area is 175 Å². The smallest absolute Gasteiger partial charge is 0.260 e. The number of carbonyl (C=O) groups is 1. The fourth-order valence-electron chi connectivity index (χ4n) is 4.73. The van der Waals surface area contributed by atoms with Crippen LogP contribution in [-0.4, -0.2) is 42.2 Å². The second kappa shape index (κ2) is 7.85. The Kier molecular flexibility index (Phi) is 5.05. The largest absolute Gasteiger partial charge is 0.487 e. The van der Waals surface area contributed by atoms with Crippen molar-refractivity contribution in [3.8, 4) is 0 Å². The first-order valence-corrected chi connectivity index (χ1v) is 10.6. The van der Waals surface area contributed by atoms with Gasteiger partial charge >= 0.3 is 0 Å². The van der Waals surface area contributed by atoms with Crippen LogP contribution in [0.1, 0.15) is 35.1 Å². The predicted molar refractivity (Wildman–Crippen MR) is 113 cm³/mol. The van der Waals surface area contributed by atoms with Crippen molar-refractivity contribution in [2.24, 2.45) is 5.92 Å². The van der Waals surface area contributed by atoms with Crippen LogP contribution in [0.2, 0.25) is 0 Å². The van der Waals surface area contributed by atoms with Gasteiger partial charge in [0.15, 0.2) is 0 Å². The summed E-state index contributed by atoms with van der Waals surface area (Å²) in [5, 5.41) is 12.2. The maximum Gasteiger partial charge on any atom is 0.260 e. The topological polar surface area (TPSA) is 61.8 Å². The molecule has 5 rings (SSSR count). The maximum atomic E-state index is 13.8. The molecule has 0 bridgehead atoms. The molecular formula is C24H25FN2O3. The molecule has 2 N–H and O–H groups in total. The van der Waals surface area contributed by atoms with Crippen molar-refractivity contribution in [2.45, 2.75) is 25.9 Å². The molecule has 156 valence electrons. The molecule has 1 fully saturated rings. The van der Waals surface area contributed by atoms with Crippen LogP contribution in [0, 0.1) is 11.7 Å². The molecule has 0 aromatic heterocycles. The molecule has 2 aromatic rings. The quantitative estimate of drug-likeness (QED) is 0.761. The summed E-state index contributed by atoms with van der Waals surface area (Å²) in [5.41, 5.74) is 4.76. The van der Waals surface area contributed by atoms with Gasteiger partial charge in [0.25, 0.3) is 5.91 Å². The number of hydrogen-bond donors (Lipinski definition) is 2. The van der Waals surface area contributed by atoms with E-state index in [1.165, 1.54) is 17.7 Å². The van der Waals surface area contributed by atoms with Crippen LogP contribution in [0.4, 0.5) is 10.1 Å². The van der Waals surface area contributed by atoms with Crippen molar-refractivity contribution in [3.63, 3.8) is 0 Å². The van der Waals surface area contributed by atoms with Crippen molar-refractivity contribution >= 4 is 22.9 Å². The molecule has 3 heterocycles. The third-order valence-electron chi connectivity index (χ3n) is 6.32. The fourth-order valence-corrected chi connectivity index (χ4v) is 4.73. The van der Waals surface area contributed by atoms with Gasteiger partial charge < -0.3 is 20.1 Å². The van der Waals surface area contributed by atoms with Crippen molar-refractivity contribution < 1.29 is 19.0 Å². The highest BCUT2D eigenvalue weighted by Gasteiger charge is 2.32. The Morgan fingerprint density at radius 2 is 2.10 bits per heavy atom. The first kappa shape index (κ1) is 19.3. The zero-order valence-electron chi connectivity index (χ0n) is 16.8. The molecular weight excluding hydrogens is 383 g/mol. The second-order valence-corrected chi connectivity index (χ2v) is 8.37. The van der Waals surface area contributed by atoms with E-state index in [0.29, 0.717) is 35.1 Å². The number of nitrogens with one attached hydrogen (secondary N) is 1. The van der Waals surface area contributed by atoms with Crippen LogP contribution < -0.4 is 5.32 Å². The van der Waals surface area contributed by atoms with E-state index in [-0.39, 0.29) is 18.3 Å². The fraction of sp³-hybridized carbons (Fsp3) is 0.375. The first-order valence-electron chi connectivity index (χ1n) is 10.6. The molecule has 5 nitrogen and oxygen atoms in total. The lowest BCUT2D eigenvalue weighted by Crippen LogP contribution is -2.37. The number of halogens is 1. The molecule has 0 aliphatic carbocycles. The lowest BCUT2D eigenvalue weighted by atomic mass is 9.97. The van der Waals surface area contributed by atoms with Crippen LogP contribution >= 0.6 is 0 Å². The number of rotatable bonds is 4. The Morgan fingerprint density at radius 3 is 2.97 bits per heavy atom. The SMILES string of the molecule is O=C1Nc2ccc(F)cc2/C1=C1\OCc2cc(CCN3CCCC(CO)C3)ccc21. The number of amides is 1. The number of aliphatic hydroxyl groups excluding tert-OH is 1. The van der Waals surface area contributed by atoms with Gasteiger partial charge in [0, 0.05) is 42.1 Å². The second-order valence-electron chi connectivity index (χ2n) is 8.37. The van der Waals surface area contributed by atoms with Crippen molar-refractivity contribution in [2.75, 3.05) is 31.6 Å². The Morgan fingerprint density at radius 1 is 1.20 bits per heavy atom. The molecule has 1 unspecified atom stereocenters. The van der Waals surface area contributed by atoms with E-state index in [1.807, 2.05) is 6.07 Å². The number of aliphatic hydroxyl groups is 1. The van der Waals surface area contributed by atoms with E-state index in [4.69, 9.17) is 4.74 Å². The number of anilines is 1. The summed E-state index contributed by atoms with van der Waals surface area (Å²) in [6.07, 6.45) is 3.19. The third-order valence-corrected chi connectivity index (χ3v) is 6.32. The minimum Gasteiger partial charge on any atom is -0.487 e. The molecule has 0 radical (unpaired) electrons. The lowest BCUT2D eigenvalue weighted by Gasteiger charge is -2.31. The minimum atomic E-state index is -0.377. The number of piperidine rings is 1. The number of ether oxygens (including phenoxy) is 1. The highest BCUT2D eigenvalue weighted by molar-refractivity contribution is 6.36. The normalized spacial score (nSPS) is 23.1. The van der Waals surface area contributed by atoms with Gasteiger partial charge in [-0.3, -0.25) is 4.79 Å². The molecule has 0 saturated carbocycles. The Hall–Kier alpha value is -2.70. The molecule has 1 amide bonds. The zero-order valence-corrected chi connectivity index (χ0v) is 16.8. The Balaban J connectivity index is 1.37. The summed E-state index contributed by atoms with van der Waals surface area (Å²) in [6.45, 7) is 3.71. The standard InChI is InChI=1S/C24H25FN2O3/c25-18-4-6-21-20(11-18)22(24(29)26-21)23-19-5-3-15(10-17(19)14-30-23)7-9-27-8-1-2-16(12-27)13-28/h3-6,10-11,16,28H,1-2,7-9,12-14H2,(H,26,29)/b23-22+. The van der Waals surface area contributed by atoms with E-state index in [0.717, 1.165) is 50.0 Å². The maximum absolute atomic E-state index is 13.8. The predicted octanol–water partition coefficient (Wildman–Crippen LogP) is 3.42. The average molecular weight is 408 g/mol. The number of carbonyl (C=O) groups excluding carboxylic acids is 1. The molecule has 0 spiro atoms. The van der Waals surface area contributed by atoms with E-state index in [1.54, 1.807) is 6.07 Å². The average Bonchev–Trinajstić information content (AvgIpc) is 3.31. The van der Waals surface area contributed by atoms with E-state index >= 15 is 0 Å². The molecule has 6 heteroatoms. The van der Waals surface area contributed by atoms with Crippen LogP contribution in [0.25, 0.3) is 11.3 Å². The summed E-state index contributed by atoms with van der Waals surface area (Å²) >= 11 is 0. The van der Waals surface area contributed by atoms with Crippen LogP contribution in [0.3, 0.4) is 0 Å². The summed E-state index contributed by atoms with van der Waals surface area (Å²) in [6, 6.07) is 10.5. The molecule has 3 aliphatic heterocycles. The van der Waals surface area contributed by atoms with Gasteiger partial charge in [-0.2, -0.15) is 0 Å². The molecule has 1 atom stereocenters. The van der Waals surface area contributed by atoms with Gasteiger partial charge in [0.1, 0.15) is 18.2 Å². The highest BCUT2D eigenvalue weighted by Crippen LogP contribution is 2.42. The van der Waals surface area contributed by atoms with Gasteiger partial charge in [-0.15, -0.1) is 0 Å². The van der Waals surface area contributed by atoms with Crippen LogP contribution in [0.5, 0.6) is 0 Å². The number of benzene rings is 2. The van der Waals surface area contributed by atoms with Gasteiger partial charge in [0.2, 0.25) is 0 Å². The highest BCUT2D eigenvalue weighted by atomic mass is 19.1. The van der Waals surface area contributed by atoms with Crippen molar-refractivity contribution in [1.82, 2.24) is 4.90 Å². The Bertz CT molecular complexity index is 1030. The molecule has 1 saturated heterocycles. The van der Waals surface area contributed by atoms with Gasteiger partial charge in [-0.25, -0.2) is 4.39 Å². The summed E-state index contributed by atoms with van der Waals surface area (Å²) in [4.78, 5) is 15.0. The van der Waals surface area contributed by atoms with Gasteiger partial charge in [-0.05, 0) is 55.5 Å². The van der Waals surface area contributed by atoms with Crippen LogP contribution in [0.15, 0.2) is 36.4 Å². The minimum absolute atomic E-state index is 0.258. The van der Waals surface area contributed by atoms with E-state index in [9.17, 15) is 14.3 Å². The number of likely N-dealkylation sites (tertiary alicyclic amines) is 1.